The van der Waals surface area contributed by atoms with Crippen LogP contribution in [0.15, 0.2) is 0 Å². The van der Waals surface area contributed by atoms with Gasteiger partial charge in [0.15, 0.2) is 0 Å². The summed E-state index contributed by atoms with van der Waals surface area (Å²) in [4.78, 5) is 11.0. The van der Waals surface area contributed by atoms with E-state index in [1.165, 1.54) is 19.3 Å². The van der Waals surface area contributed by atoms with Crippen LogP contribution in [0.2, 0.25) is 0 Å². The zero-order chi connectivity index (χ0) is 13.1. The molecule has 0 saturated heterocycles. The quantitative estimate of drug-likeness (QED) is 0.769. The van der Waals surface area contributed by atoms with E-state index >= 15 is 0 Å². The van der Waals surface area contributed by atoms with Gasteiger partial charge in [0.05, 0.1) is 6.42 Å². The van der Waals surface area contributed by atoms with Crippen molar-refractivity contribution in [3.05, 3.63) is 0 Å². The first-order valence-corrected chi connectivity index (χ1v) is 7.07. The highest BCUT2D eigenvalue weighted by atomic mass is 16.4. The third-order valence-electron chi connectivity index (χ3n) is 5.34. The van der Waals surface area contributed by atoms with Crippen LogP contribution < -0.4 is 0 Å². The molecule has 0 aliphatic heterocycles. The third-order valence-corrected chi connectivity index (χ3v) is 5.34. The van der Waals surface area contributed by atoms with Crippen LogP contribution in [-0.2, 0) is 4.79 Å². The minimum Gasteiger partial charge on any atom is -0.481 e. The van der Waals surface area contributed by atoms with E-state index < -0.39 is 5.97 Å². The van der Waals surface area contributed by atoms with Crippen LogP contribution in [-0.4, -0.2) is 11.1 Å². The van der Waals surface area contributed by atoms with Gasteiger partial charge in [0.2, 0.25) is 0 Å². The molecule has 1 N–H and O–H groups in total. The molecule has 1 aliphatic rings. The highest BCUT2D eigenvalue weighted by Crippen LogP contribution is 2.49. The molecule has 0 atom stereocenters. The molecule has 2 nitrogen and oxygen atoms in total. The Hall–Kier alpha value is -0.530. The summed E-state index contributed by atoms with van der Waals surface area (Å²) in [5.74, 6) is 0.154. The first-order valence-electron chi connectivity index (χ1n) is 7.07. The largest absolute Gasteiger partial charge is 0.481 e. The van der Waals surface area contributed by atoms with Gasteiger partial charge in [0.25, 0.3) is 0 Å². The highest BCUT2D eigenvalue weighted by molar-refractivity contribution is 5.67. The zero-order valence-corrected chi connectivity index (χ0v) is 11.9. The molecule has 0 heterocycles. The normalized spacial score (nSPS) is 30.2. The monoisotopic (exact) mass is 240 g/mol. The van der Waals surface area contributed by atoms with Gasteiger partial charge in [-0.15, -0.1) is 0 Å². The molecule has 0 aromatic carbocycles. The Bertz CT molecular complexity index is 260. The van der Waals surface area contributed by atoms with Crippen molar-refractivity contribution < 1.29 is 9.90 Å². The second kappa shape index (κ2) is 5.41. The number of aliphatic carboxylic acids is 1. The SMILES string of the molecule is CCC1(CC(=O)O)CCC(C(C)(C)CC)CC1. The third kappa shape index (κ3) is 3.46. The van der Waals surface area contributed by atoms with Crippen LogP contribution in [0.4, 0.5) is 0 Å². The molecular formula is C15H28O2. The van der Waals surface area contributed by atoms with E-state index in [2.05, 4.69) is 27.7 Å². The molecule has 0 spiro atoms. The Balaban J connectivity index is 2.62. The molecule has 1 aliphatic carbocycles. The standard InChI is InChI=1S/C15H28O2/c1-5-14(3,4)12-7-9-15(6-2,10-8-12)11-13(16)17/h12H,5-11H2,1-4H3,(H,16,17). The maximum absolute atomic E-state index is 11.0. The molecule has 0 aromatic rings. The lowest BCUT2D eigenvalue weighted by Crippen LogP contribution is -2.34. The predicted octanol–water partition coefficient (Wildman–Crippen LogP) is 4.48. The lowest BCUT2D eigenvalue weighted by atomic mass is 9.61. The molecule has 2 heteroatoms. The summed E-state index contributed by atoms with van der Waals surface area (Å²) in [7, 11) is 0. The van der Waals surface area contributed by atoms with Gasteiger partial charge in [-0.05, 0) is 48.9 Å². The van der Waals surface area contributed by atoms with Gasteiger partial charge in [-0.25, -0.2) is 0 Å². The van der Waals surface area contributed by atoms with E-state index in [1.807, 2.05) is 0 Å². The van der Waals surface area contributed by atoms with Crippen LogP contribution in [0.3, 0.4) is 0 Å². The van der Waals surface area contributed by atoms with E-state index in [0.717, 1.165) is 25.2 Å². The first-order chi connectivity index (χ1) is 7.85. The summed E-state index contributed by atoms with van der Waals surface area (Å²) in [6.45, 7) is 9.12. The van der Waals surface area contributed by atoms with Gasteiger partial charge >= 0.3 is 5.97 Å². The van der Waals surface area contributed by atoms with Gasteiger partial charge in [0.1, 0.15) is 0 Å². The van der Waals surface area contributed by atoms with Gasteiger partial charge < -0.3 is 5.11 Å². The van der Waals surface area contributed by atoms with E-state index in [4.69, 9.17) is 5.11 Å². The Kier molecular flexibility index (Phi) is 4.62. The van der Waals surface area contributed by atoms with E-state index in [-0.39, 0.29) is 5.41 Å². The van der Waals surface area contributed by atoms with Gasteiger partial charge in [-0.2, -0.15) is 0 Å². The first kappa shape index (κ1) is 14.5. The molecule has 0 radical (unpaired) electrons. The fourth-order valence-corrected chi connectivity index (χ4v) is 3.28. The van der Waals surface area contributed by atoms with Crippen LogP contribution in [0.1, 0.15) is 72.6 Å². The van der Waals surface area contributed by atoms with E-state index in [0.29, 0.717) is 11.8 Å². The summed E-state index contributed by atoms with van der Waals surface area (Å²) >= 11 is 0. The number of carbonyl (C=O) groups is 1. The van der Waals surface area contributed by atoms with Crippen molar-refractivity contribution in [2.45, 2.75) is 72.6 Å². The van der Waals surface area contributed by atoms with Crippen molar-refractivity contribution in [1.29, 1.82) is 0 Å². The van der Waals surface area contributed by atoms with Crippen molar-refractivity contribution in [3.8, 4) is 0 Å². The molecule has 0 unspecified atom stereocenters. The molecule has 0 aromatic heterocycles. The summed E-state index contributed by atoms with van der Waals surface area (Å²) in [5.41, 5.74) is 0.509. The maximum atomic E-state index is 11.0. The highest BCUT2D eigenvalue weighted by Gasteiger charge is 2.39. The number of hydrogen-bond acceptors (Lipinski definition) is 1. The maximum Gasteiger partial charge on any atom is 0.303 e. The minimum absolute atomic E-state index is 0.0894. The molecule has 1 fully saturated rings. The summed E-state index contributed by atoms with van der Waals surface area (Å²) in [6.07, 6.45) is 7.22. The van der Waals surface area contributed by atoms with Crippen molar-refractivity contribution in [2.75, 3.05) is 0 Å². The molecular weight excluding hydrogens is 212 g/mol. The van der Waals surface area contributed by atoms with Crippen molar-refractivity contribution in [1.82, 2.24) is 0 Å². The molecule has 0 amide bonds. The van der Waals surface area contributed by atoms with Crippen LogP contribution >= 0.6 is 0 Å². The molecule has 1 saturated carbocycles. The lowest BCUT2D eigenvalue weighted by molar-refractivity contribution is -0.140. The van der Waals surface area contributed by atoms with Crippen molar-refractivity contribution in [3.63, 3.8) is 0 Å². The van der Waals surface area contributed by atoms with Crippen molar-refractivity contribution in [2.24, 2.45) is 16.7 Å². The van der Waals surface area contributed by atoms with Crippen LogP contribution in [0.5, 0.6) is 0 Å². The van der Waals surface area contributed by atoms with Gasteiger partial charge in [0, 0.05) is 0 Å². The average molecular weight is 240 g/mol. The van der Waals surface area contributed by atoms with E-state index in [1.54, 1.807) is 0 Å². The Morgan fingerprint density at radius 1 is 1.29 bits per heavy atom. The topological polar surface area (TPSA) is 37.3 Å². The van der Waals surface area contributed by atoms with Crippen LogP contribution in [0, 0.1) is 16.7 Å². The van der Waals surface area contributed by atoms with Gasteiger partial charge in [-0.3, -0.25) is 4.79 Å². The number of carboxylic acids is 1. The van der Waals surface area contributed by atoms with Gasteiger partial charge in [-0.1, -0.05) is 34.1 Å². The summed E-state index contributed by atoms with van der Waals surface area (Å²) < 4.78 is 0. The number of hydrogen-bond donors (Lipinski definition) is 1. The molecule has 17 heavy (non-hydrogen) atoms. The number of rotatable bonds is 5. The van der Waals surface area contributed by atoms with E-state index in [9.17, 15) is 4.79 Å². The second-order valence-electron chi connectivity index (χ2n) is 6.54. The predicted molar refractivity (Wildman–Crippen MR) is 71.0 cm³/mol. The van der Waals surface area contributed by atoms with Crippen LogP contribution in [0.25, 0.3) is 0 Å². The fraction of sp³-hybridized carbons (Fsp3) is 0.933. The second-order valence-corrected chi connectivity index (χ2v) is 6.54. The Morgan fingerprint density at radius 2 is 1.82 bits per heavy atom. The molecule has 0 bridgehead atoms. The zero-order valence-electron chi connectivity index (χ0n) is 11.9. The Labute approximate surface area is 106 Å². The molecule has 100 valence electrons. The lowest BCUT2D eigenvalue weighted by Gasteiger charge is -2.44. The van der Waals surface area contributed by atoms with Crippen molar-refractivity contribution >= 4 is 5.97 Å². The minimum atomic E-state index is -0.625. The smallest absolute Gasteiger partial charge is 0.303 e. The Morgan fingerprint density at radius 3 is 2.18 bits per heavy atom. The summed E-state index contributed by atoms with van der Waals surface area (Å²) in [5, 5.41) is 9.03. The summed E-state index contributed by atoms with van der Waals surface area (Å²) in [6, 6.07) is 0. The number of carboxylic acid groups (broad SMARTS) is 1. The molecule has 1 rings (SSSR count). The average Bonchev–Trinajstić information content (AvgIpc) is 2.29. The fourth-order valence-electron chi connectivity index (χ4n) is 3.28.